The molecule has 2 aromatic rings. The van der Waals surface area contributed by atoms with Crippen LogP contribution in [0.15, 0.2) is 35.1 Å². The van der Waals surface area contributed by atoms with Crippen LogP contribution in [0.25, 0.3) is 0 Å². The van der Waals surface area contributed by atoms with Crippen molar-refractivity contribution in [1.29, 1.82) is 0 Å². The topological polar surface area (TPSA) is 39.1 Å². The lowest BCUT2D eigenvalue weighted by molar-refractivity contribution is 0.291. The summed E-state index contributed by atoms with van der Waals surface area (Å²) in [5, 5.41) is 3.43. The predicted molar refractivity (Wildman–Crippen MR) is 88.7 cm³/mol. The largest absolute Gasteiger partial charge is 0.491 e. The maximum absolute atomic E-state index is 5.98. The Bertz CT molecular complexity index is 583. The fourth-order valence-electron chi connectivity index (χ4n) is 2.30. The molecule has 0 bridgehead atoms. The summed E-state index contributed by atoms with van der Waals surface area (Å²) in [6.45, 7) is 8.62. The fourth-order valence-corrected chi connectivity index (χ4v) is 2.68. The number of ether oxygens (including phenoxy) is 1. The minimum Gasteiger partial charge on any atom is -0.491 e. The Hall–Kier alpha value is -1.33. The van der Waals surface area contributed by atoms with Gasteiger partial charge in [-0.05, 0) is 38.6 Å². The van der Waals surface area contributed by atoms with Crippen LogP contribution in [0, 0.1) is 6.92 Å². The predicted octanol–water partition coefficient (Wildman–Crippen LogP) is 3.70. The number of rotatable bonds is 7. The molecule has 0 saturated heterocycles. The number of hydrogen-bond acceptors (Lipinski definition) is 3. The molecule has 0 amide bonds. The Kier molecular flexibility index (Phi) is 5.82. The molecule has 0 aliphatic heterocycles. The van der Waals surface area contributed by atoms with E-state index in [2.05, 4.69) is 50.7 Å². The summed E-state index contributed by atoms with van der Waals surface area (Å²) in [5.41, 5.74) is 1.17. The maximum Gasteiger partial charge on any atom is 0.124 e. The van der Waals surface area contributed by atoms with Gasteiger partial charge in [-0.1, -0.05) is 22.9 Å². The molecule has 0 aliphatic rings. The van der Waals surface area contributed by atoms with E-state index in [0.717, 1.165) is 29.1 Å². The maximum atomic E-state index is 5.98. The molecular weight excluding hydrogens is 330 g/mol. The van der Waals surface area contributed by atoms with Crippen molar-refractivity contribution in [2.75, 3.05) is 13.2 Å². The lowest BCUT2D eigenvalue weighted by atomic mass is 10.1. The number of aromatic nitrogens is 2. The van der Waals surface area contributed by atoms with Crippen LogP contribution in [-0.2, 0) is 6.54 Å². The van der Waals surface area contributed by atoms with Crippen LogP contribution in [0.5, 0.6) is 5.75 Å². The third kappa shape index (κ3) is 4.32. The Labute approximate surface area is 134 Å². The second-order valence-corrected chi connectivity index (χ2v) is 5.89. The number of nitrogens with one attached hydrogen (secondary N) is 1. The van der Waals surface area contributed by atoms with Gasteiger partial charge >= 0.3 is 0 Å². The van der Waals surface area contributed by atoms with Crippen molar-refractivity contribution in [3.05, 3.63) is 46.5 Å². The molecular formula is C16H22BrN3O. The summed E-state index contributed by atoms with van der Waals surface area (Å²) in [6, 6.07) is 6.41. The second kappa shape index (κ2) is 7.61. The van der Waals surface area contributed by atoms with Crippen molar-refractivity contribution in [2.24, 2.45) is 0 Å². The van der Waals surface area contributed by atoms with Crippen LogP contribution in [0.2, 0.25) is 0 Å². The summed E-state index contributed by atoms with van der Waals surface area (Å²) >= 11 is 3.53. The molecule has 1 aromatic carbocycles. The van der Waals surface area contributed by atoms with Crippen LogP contribution in [0.1, 0.15) is 31.3 Å². The SMILES string of the molecule is CCNC(C)c1cc(Br)ccc1OCCn1ccnc1C. The average molecular weight is 352 g/mol. The van der Waals surface area contributed by atoms with Gasteiger partial charge in [0.15, 0.2) is 0 Å². The van der Waals surface area contributed by atoms with Crippen LogP contribution < -0.4 is 10.1 Å². The lowest BCUT2D eigenvalue weighted by Gasteiger charge is -2.18. The van der Waals surface area contributed by atoms with Gasteiger partial charge in [-0.15, -0.1) is 0 Å². The number of benzene rings is 1. The molecule has 1 heterocycles. The van der Waals surface area contributed by atoms with E-state index >= 15 is 0 Å². The third-order valence-corrected chi connectivity index (χ3v) is 3.96. The van der Waals surface area contributed by atoms with Gasteiger partial charge in [0.25, 0.3) is 0 Å². The molecule has 21 heavy (non-hydrogen) atoms. The van der Waals surface area contributed by atoms with Crippen molar-refractivity contribution >= 4 is 15.9 Å². The summed E-state index contributed by atoms with van der Waals surface area (Å²) < 4.78 is 9.14. The van der Waals surface area contributed by atoms with Crippen molar-refractivity contribution in [3.63, 3.8) is 0 Å². The van der Waals surface area contributed by atoms with Gasteiger partial charge in [0.2, 0.25) is 0 Å². The number of halogens is 1. The highest BCUT2D eigenvalue weighted by Gasteiger charge is 2.11. The van der Waals surface area contributed by atoms with Gasteiger partial charge in [-0.3, -0.25) is 0 Å². The highest BCUT2D eigenvalue weighted by molar-refractivity contribution is 9.10. The fraction of sp³-hybridized carbons (Fsp3) is 0.438. The van der Waals surface area contributed by atoms with E-state index < -0.39 is 0 Å². The molecule has 1 atom stereocenters. The van der Waals surface area contributed by atoms with Crippen LogP contribution in [0.3, 0.4) is 0 Å². The quantitative estimate of drug-likeness (QED) is 0.826. The van der Waals surface area contributed by atoms with E-state index in [1.807, 2.05) is 31.5 Å². The molecule has 1 aromatic heterocycles. The van der Waals surface area contributed by atoms with Gasteiger partial charge in [-0.2, -0.15) is 0 Å². The zero-order chi connectivity index (χ0) is 15.2. The highest BCUT2D eigenvalue weighted by atomic mass is 79.9. The molecule has 0 fully saturated rings. The van der Waals surface area contributed by atoms with Crippen molar-refractivity contribution in [2.45, 2.75) is 33.4 Å². The Morgan fingerprint density at radius 3 is 2.90 bits per heavy atom. The van der Waals surface area contributed by atoms with Gasteiger partial charge in [-0.25, -0.2) is 4.98 Å². The zero-order valence-electron chi connectivity index (χ0n) is 12.8. The first-order valence-electron chi connectivity index (χ1n) is 7.25. The average Bonchev–Trinajstić information content (AvgIpc) is 2.86. The zero-order valence-corrected chi connectivity index (χ0v) is 14.4. The molecule has 1 N–H and O–H groups in total. The van der Waals surface area contributed by atoms with Gasteiger partial charge in [0, 0.05) is 28.5 Å². The number of nitrogens with zero attached hydrogens (tertiary/aromatic N) is 2. The summed E-state index contributed by atoms with van der Waals surface area (Å²) in [7, 11) is 0. The number of imidazole rings is 1. The van der Waals surface area contributed by atoms with E-state index in [1.54, 1.807) is 0 Å². The molecule has 0 saturated carbocycles. The molecule has 2 rings (SSSR count). The first kappa shape index (κ1) is 16.0. The van der Waals surface area contributed by atoms with E-state index in [4.69, 9.17) is 4.74 Å². The Morgan fingerprint density at radius 2 is 2.24 bits per heavy atom. The van der Waals surface area contributed by atoms with Crippen LogP contribution in [-0.4, -0.2) is 22.7 Å². The molecule has 0 spiro atoms. The first-order chi connectivity index (χ1) is 10.1. The highest BCUT2D eigenvalue weighted by Crippen LogP contribution is 2.28. The lowest BCUT2D eigenvalue weighted by Crippen LogP contribution is -2.19. The summed E-state index contributed by atoms with van der Waals surface area (Å²) in [4.78, 5) is 4.22. The molecule has 1 unspecified atom stereocenters. The number of aryl methyl sites for hydroxylation is 1. The minimum absolute atomic E-state index is 0.262. The van der Waals surface area contributed by atoms with Crippen LogP contribution >= 0.6 is 15.9 Å². The van der Waals surface area contributed by atoms with Crippen molar-refractivity contribution in [1.82, 2.24) is 14.9 Å². The van der Waals surface area contributed by atoms with E-state index in [9.17, 15) is 0 Å². The summed E-state index contributed by atoms with van der Waals surface area (Å²) in [5.74, 6) is 1.94. The smallest absolute Gasteiger partial charge is 0.124 e. The first-order valence-corrected chi connectivity index (χ1v) is 8.04. The third-order valence-electron chi connectivity index (χ3n) is 3.46. The molecule has 114 valence electrons. The number of hydrogen-bond donors (Lipinski definition) is 1. The van der Waals surface area contributed by atoms with Crippen LogP contribution in [0.4, 0.5) is 0 Å². The molecule has 4 nitrogen and oxygen atoms in total. The Morgan fingerprint density at radius 1 is 1.43 bits per heavy atom. The van der Waals surface area contributed by atoms with Gasteiger partial charge < -0.3 is 14.6 Å². The minimum atomic E-state index is 0.262. The monoisotopic (exact) mass is 351 g/mol. The molecule has 5 heteroatoms. The standard InChI is InChI=1S/C16H22BrN3O/c1-4-18-12(2)15-11-14(17)5-6-16(15)21-10-9-20-8-7-19-13(20)3/h5-8,11-12,18H,4,9-10H2,1-3H3. The molecule has 0 radical (unpaired) electrons. The van der Waals surface area contributed by atoms with Gasteiger partial charge in [0.05, 0.1) is 6.54 Å². The molecule has 0 aliphatic carbocycles. The van der Waals surface area contributed by atoms with Gasteiger partial charge in [0.1, 0.15) is 18.2 Å². The van der Waals surface area contributed by atoms with Crippen molar-refractivity contribution < 1.29 is 4.74 Å². The van der Waals surface area contributed by atoms with E-state index in [0.29, 0.717) is 6.61 Å². The van der Waals surface area contributed by atoms with E-state index in [-0.39, 0.29) is 6.04 Å². The normalized spacial score (nSPS) is 12.4. The second-order valence-electron chi connectivity index (χ2n) is 4.98. The summed E-state index contributed by atoms with van der Waals surface area (Å²) in [6.07, 6.45) is 3.79. The van der Waals surface area contributed by atoms with Crippen molar-refractivity contribution in [3.8, 4) is 5.75 Å². The Balaban J connectivity index is 2.03. The van der Waals surface area contributed by atoms with E-state index in [1.165, 1.54) is 5.56 Å².